The highest BCUT2D eigenvalue weighted by atomic mass is 19.4. The van der Waals surface area contributed by atoms with Crippen LogP contribution in [0.3, 0.4) is 0 Å². The van der Waals surface area contributed by atoms with Gasteiger partial charge in [0.25, 0.3) is 0 Å². The molecule has 0 amide bonds. The topological polar surface area (TPSA) is 0 Å². The zero-order chi connectivity index (χ0) is 13.9. The average molecular weight is 263 g/mol. The Morgan fingerprint density at radius 3 is 2.11 bits per heavy atom. The smallest absolute Gasteiger partial charge is 0.166 e. The monoisotopic (exact) mass is 263 g/mol. The summed E-state index contributed by atoms with van der Waals surface area (Å²) in [6.07, 6.45) is -2.72. The molecule has 2 rings (SSSR count). The van der Waals surface area contributed by atoms with Gasteiger partial charge >= 0.3 is 6.18 Å². The van der Waals surface area contributed by atoms with Gasteiger partial charge in [-0.1, -0.05) is 49.4 Å². The summed E-state index contributed by atoms with van der Waals surface area (Å²) in [5.74, 6) is 0. The molecular weight excluding hydrogens is 249 g/mol. The molecule has 2 aromatic rings. The Balaban J connectivity index is 2.42. The van der Waals surface area contributed by atoms with Crippen LogP contribution >= 0.6 is 0 Å². The van der Waals surface area contributed by atoms with Crippen LogP contribution in [0.15, 0.2) is 48.5 Å². The summed E-state index contributed by atoms with van der Waals surface area (Å²) in [6.45, 7) is 3.76. The van der Waals surface area contributed by atoms with Gasteiger partial charge in [-0.05, 0) is 35.6 Å². The summed E-state index contributed by atoms with van der Waals surface area (Å²) in [4.78, 5) is 0. The van der Waals surface area contributed by atoms with E-state index in [9.17, 15) is 13.2 Å². The first-order valence-corrected chi connectivity index (χ1v) is 6.07. The molecule has 3 heteroatoms. The SMILES string of the molecule is [CH2]CCc1ccc(-c2ccccc2C(F)(F)F)cc1. The number of aryl methyl sites for hydroxylation is 1. The van der Waals surface area contributed by atoms with Crippen LogP contribution in [-0.2, 0) is 12.6 Å². The van der Waals surface area contributed by atoms with Crippen molar-refractivity contribution < 1.29 is 13.2 Å². The van der Waals surface area contributed by atoms with Gasteiger partial charge in [-0.3, -0.25) is 0 Å². The summed E-state index contributed by atoms with van der Waals surface area (Å²) < 4.78 is 38.8. The maximum Gasteiger partial charge on any atom is 0.417 e. The highest BCUT2D eigenvalue weighted by Gasteiger charge is 2.33. The van der Waals surface area contributed by atoms with E-state index >= 15 is 0 Å². The van der Waals surface area contributed by atoms with E-state index in [-0.39, 0.29) is 5.56 Å². The lowest BCUT2D eigenvalue weighted by Gasteiger charge is -2.13. The second kappa shape index (κ2) is 5.47. The number of benzene rings is 2. The lowest BCUT2D eigenvalue weighted by molar-refractivity contribution is -0.137. The van der Waals surface area contributed by atoms with Crippen LogP contribution in [0.5, 0.6) is 0 Å². The minimum absolute atomic E-state index is 0.219. The lowest BCUT2D eigenvalue weighted by atomic mass is 9.97. The van der Waals surface area contributed by atoms with E-state index < -0.39 is 11.7 Å². The van der Waals surface area contributed by atoms with Crippen molar-refractivity contribution in [1.29, 1.82) is 0 Å². The average Bonchev–Trinajstić information content (AvgIpc) is 2.39. The van der Waals surface area contributed by atoms with E-state index in [0.29, 0.717) is 5.56 Å². The van der Waals surface area contributed by atoms with Crippen LogP contribution in [0, 0.1) is 6.92 Å². The maximum absolute atomic E-state index is 12.9. The lowest BCUT2D eigenvalue weighted by Crippen LogP contribution is -2.06. The number of hydrogen-bond acceptors (Lipinski definition) is 0. The molecule has 99 valence electrons. The van der Waals surface area contributed by atoms with Crippen molar-refractivity contribution in [1.82, 2.24) is 0 Å². The molecule has 0 atom stereocenters. The summed E-state index contributed by atoms with van der Waals surface area (Å²) in [7, 11) is 0. The van der Waals surface area contributed by atoms with Crippen molar-refractivity contribution in [2.24, 2.45) is 0 Å². The van der Waals surface area contributed by atoms with Crippen molar-refractivity contribution in [3.05, 3.63) is 66.6 Å². The standard InChI is InChI=1S/C16H14F3/c1-2-5-12-8-10-13(11-9-12)14-6-3-4-7-15(14)16(17,18)19/h3-4,6-11H,1-2,5H2. The quantitative estimate of drug-likeness (QED) is 0.719. The molecule has 0 N–H and O–H groups in total. The third kappa shape index (κ3) is 3.16. The molecule has 0 aliphatic heterocycles. The Hall–Kier alpha value is -1.77. The number of halogens is 3. The van der Waals surface area contributed by atoms with Crippen molar-refractivity contribution in [3.8, 4) is 11.1 Å². The van der Waals surface area contributed by atoms with Gasteiger partial charge in [0, 0.05) is 0 Å². The number of alkyl halides is 3. The highest BCUT2D eigenvalue weighted by Crippen LogP contribution is 2.36. The third-order valence-corrected chi connectivity index (χ3v) is 2.96. The predicted molar refractivity (Wildman–Crippen MR) is 70.6 cm³/mol. The van der Waals surface area contributed by atoms with Gasteiger partial charge in [-0.2, -0.15) is 13.2 Å². The molecular formula is C16H14F3. The molecule has 0 saturated heterocycles. The van der Waals surface area contributed by atoms with Gasteiger partial charge in [0.15, 0.2) is 0 Å². The molecule has 0 heterocycles. The summed E-state index contributed by atoms with van der Waals surface area (Å²) in [6, 6.07) is 12.8. The van der Waals surface area contributed by atoms with Crippen LogP contribution < -0.4 is 0 Å². The summed E-state index contributed by atoms with van der Waals surface area (Å²) in [5.41, 5.74) is 1.29. The van der Waals surface area contributed by atoms with Gasteiger partial charge in [0.2, 0.25) is 0 Å². The molecule has 0 spiro atoms. The first-order valence-electron chi connectivity index (χ1n) is 6.07. The second-order valence-electron chi connectivity index (χ2n) is 4.34. The van der Waals surface area contributed by atoms with Gasteiger partial charge in [0.05, 0.1) is 5.56 Å². The van der Waals surface area contributed by atoms with Crippen molar-refractivity contribution in [3.63, 3.8) is 0 Å². The van der Waals surface area contributed by atoms with Crippen LogP contribution in [0.1, 0.15) is 17.5 Å². The van der Waals surface area contributed by atoms with Gasteiger partial charge in [-0.25, -0.2) is 0 Å². The molecule has 0 aliphatic carbocycles. The molecule has 1 radical (unpaired) electrons. The van der Waals surface area contributed by atoms with Gasteiger partial charge in [0.1, 0.15) is 0 Å². The highest BCUT2D eigenvalue weighted by molar-refractivity contribution is 5.68. The van der Waals surface area contributed by atoms with E-state index in [1.54, 1.807) is 18.2 Å². The molecule has 0 saturated carbocycles. The van der Waals surface area contributed by atoms with Gasteiger partial charge in [-0.15, -0.1) is 0 Å². The fraction of sp³-hybridized carbons (Fsp3) is 0.188. The molecule has 0 fully saturated rings. The van der Waals surface area contributed by atoms with Crippen LogP contribution in [0.2, 0.25) is 0 Å². The Bertz CT molecular complexity index is 539. The Kier molecular flexibility index (Phi) is 3.93. The third-order valence-electron chi connectivity index (χ3n) is 2.96. The van der Waals surface area contributed by atoms with E-state index in [0.717, 1.165) is 24.5 Å². The van der Waals surface area contributed by atoms with Crippen LogP contribution in [0.25, 0.3) is 11.1 Å². The first-order chi connectivity index (χ1) is 9.02. The molecule has 0 aliphatic rings. The minimum Gasteiger partial charge on any atom is -0.166 e. The Morgan fingerprint density at radius 1 is 0.895 bits per heavy atom. The van der Waals surface area contributed by atoms with E-state index in [1.807, 2.05) is 12.1 Å². The number of rotatable bonds is 3. The van der Waals surface area contributed by atoms with Crippen molar-refractivity contribution in [2.75, 3.05) is 0 Å². The molecule has 0 bridgehead atoms. The van der Waals surface area contributed by atoms with Gasteiger partial charge < -0.3 is 0 Å². The fourth-order valence-electron chi connectivity index (χ4n) is 2.04. The normalized spacial score (nSPS) is 11.6. The minimum atomic E-state index is -4.33. The Labute approximate surface area is 110 Å². The molecule has 19 heavy (non-hydrogen) atoms. The molecule has 0 aromatic heterocycles. The zero-order valence-corrected chi connectivity index (χ0v) is 10.4. The van der Waals surface area contributed by atoms with Crippen molar-refractivity contribution >= 4 is 0 Å². The summed E-state index contributed by atoms with van der Waals surface area (Å²) in [5, 5.41) is 0. The maximum atomic E-state index is 12.9. The second-order valence-corrected chi connectivity index (χ2v) is 4.34. The molecule has 2 aromatic carbocycles. The largest absolute Gasteiger partial charge is 0.417 e. The molecule has 0 nitrogen and oxygen atoms in total. The summed E-state index contributed by atoms with van der Waals surface area (Å²) >= 11 is 0. The Morgan fingerprint density at radius 2 is 1.53 bits per heavy atom. The van der Waals surface area contributed by atoms with Crippen molar-refractivity contribution in [2.45, 2.75) is 19.0 Å². The van der Waals surface area contributed by atoms with E-state index in [2.05, 4.69) is 6.92 Å². The van der Waals surface area contributed by atoms with E-state index in [4.69, 9.17) is 0 Å². The fourth-order valence-corrected chi connectivity index (χ4v) is 2.04. The number of hydrogen-bond donors (Lipinski definition) is 0. The first kappa shape index (κ1) is 13.7. The predicted octanol–water partition coefficient (Wildman–Crippen LogP) is 5.14. The van der Waals surface area contributed by atoms with E-state index in [1.165, 1.54) is 12.1 Å². The van der Waals surface area contributed by atoms with Crippen LogP contribution in [0.4, 0.5) is 13.2 Å². The zero-order valence-electron chi connectivity index (χ0n) is 10.4. The van der Waals surface area contributed by atoms with Crippen LogP contribution in [-0.4, -0.2) is 0 Å². The molecule has 0 unspecified atom stereocenters.